The predicted octanol–water partition coefficient (Wildman–Crippen LogP) is 9.04. The third-order valence-corrected chi connectivity index (χ3v) is 7.04. The lowest BCUT2D eigenvalue weighted by molar-refractivity contribution is -0.704. The van der Waals surface area contributed by atoms with Gasteiger partial charge in [-0.3, -0.25) is 0 Å². The fraction of sp³-hybridized carbons (Fsp3) is 0.710. The van der Waals surface area contributed by atoms with Gasteiger partial charge in [-0.15, -0.1) is 0 Å². The molecule has 33 heavy (non-hydrogen) atoms. The average molecular weight is 454 g/mol. The zero-order valence-corrected chi connectivity index (χ0v) is 22.1. The van der Waals surface area contributed by atoms with Crippen molar-refractivity contribution in [3.05, 3.63) is 54.1 Å². The SMILES string of the molecule is CCCCCCCCCCC[n+]1ccn(Cc2ccccc2)c1CCCCCCCCCC. The van der Waals surface area contributed by atoms with Crippen molar-refractivity contribution >= 4 is 0 Å². The van der Waals surface area contributed by atoms with Gasteiger partial charge in [0.1, 0.15) is 18.9 Å². The largest absolute Gasteiger partial charge is 0.256 e. The van der Waals surface area contributed by atoms with Crippen LogP contribution in [0.15, 0.2) is 42.7 Å². The van der Waals surface area contributed by atoms with Crippen molar-refractivity contribution in [2.45, 2.75) is 143 Å². The zero-order valence-electron chi connectivity index (χ0n) is 22.1. The molecule has 2 nitrogen and oxygen atoms in total. The summed E-state index contributed by atoms with van der Waals surface area (Å²) in [5.74, 6) is 1.53. The molecule has 0 aliphatic rings. The highest BCUT2D eigenvalue weighted by molar-refractivity contribution is 5.15. The number of benzene rings is 1. The van der Waals surface area contributed by atoms with Crippen LogP contribution in [0.25, 0.3) is 0 Å². The molecule has 0 aliphatic heterocycles. The zero-order chi connectivity index (χ0) is 23.4. The molecule has 0 bridgehead atoms. The normalized spacial score (nSPS) is 11.3. The number of nitrogens with zero attached hydrogens (tertiary/aromatic N) is 2. The predicted molar refractivity (Wildman–Crippen MR) is 144 cm³/mol. The van der Waals surface area contributed by atoms with E-state index in [4.69, 9.17) is 0 Å². The summed E-state index contributed by atoms with van der Waals surface area (Å²) in [6.45, 7) is 6.78. The first-order chi connectivity index (χ1) is 16.3. The molecule has 0 N–H and O–H groups in total. The molecule has 2 aromatic rings. The van der Waals surface area contributed by atoms with Gasteiger partial charge in [-0.1, -0.05) is 134 Å². The van der Waals surface area contributed by atoms with Crippen molar-refractivity contribution in [1.29, 1.82) is 0 Å². The Balaban J connectivity index is 1.77. The molecule has 2 rings (SSSR count). The summed E-state index contributed by atoms with van der Waals surface area (Å²) in [4.78, 5) is 0. The second-order valence-corrected chi connectivity index (χ2v) is 10.1. The van der Waals surface area contributed by atoms with Crippen LogP contribution in [0.4, 0.5) is 0 Å². The maximum atomic E-state index is 2.56. The van der Waals surface area contributed by atoms with E-state index in [1.54, 1.807) is 0 Å². The maximum Gasteiger partial charge on any atom is 0.256 e. The lowest BCUT2D eigenvalue weighted by atomic mass is 10.1. The number of hydrogen-bond acceptors (Lipinski definition) is 0. The van der Waals surface area contributed by atoms with E-state index in [2.05, 4.69) is 65.7 Å². The van der Waals surface area contributed by atoms with Gasteiger partial charge in [-0.25, -0.2) is 9.13 Å². The van der Waals surface area contributed by atoms with Crippen molar-refractivity contribution in [1.82, 2.24) is 4.57 Å². The van der Waals surface area contributed by atoms with Gasteiger partial charge >= 0.3 is 0 Å². The minimum atomic E-state index is 0.998. The van der Waals surface area contributed by atoms with Crippen LogP contribution in [0.2, 0.25) is 0 Å². The van der Waals surface area contributed by atoms with Crippen molar-refractivity contribution < 1.29 is 4.57 Å². The molecule has 0 fully saturated rings. The topological polar surface area (TPSA) is 8.81 Å². The third kappa shape index (κ3) is 12.5. The smallest absolute Gasteiger partial charge is 0.234 e. The van der Waals surface area contributed by atoms with E-state index in [0.717, 1.165) is 6.54 Å². The molecular formula is C31H53N2+. The Morgan fingerprint density at radius 1 is 0.606 bits per heavy atom. The summed E-state index contributed by atoms with van der Waals surface area (Å²) < 4.78 is 5.07. The van der Waals surface area contributed by atoms with Gasteiger partial charge in [0.05, 0.1) is 6.54 Å². The fourth-order valence-electron chi connectivity index (χ4n) is 4.92. The average Bonchev–Trinajstić information content (AvgIpc) is 3.21. The van der Waals surface area contributed by atoms with Gasteiger partial charge in [-0.05, 0) is 24.8 Å². The maximum absolute atomic E-state index is 2.56. The summed E-state index contributed by atoms with van der Waals surface area (Å²) >= 11 is 0. The van der Waals surface area contributed by atoms with Gasteiger partial charge in [0.25, 0.3) is 5.82 Å². The molecule has 0 amide bonds. The molecule has 1 aromatic heterocycles. The Hall–Kier alpha value is -1.57. The molecule has 2 heteroatoms. The summed E-state index contributed by atoms with van der Waals surface area (Å²) in [6, 6.07) is 10.9. The monoisotopic (exact) mass is 453 g/mol. The summed E-state index contributed by atoms with van der Waals surface area (Å²) in [5, 5.41) is 0. The Kier molecular flexibility index (Phi) is 15.8. The molecule has 1 heterocycles. The molecule has 0 radical (unpaired) electrons. The number of aryl methyl sites for hydroxylation is 1. The number of rotatable bonds is 21. The van der Waals surface area contributed by atoms with Crippen LogP contribution in [0, 0.1) is 0 Å². The highest BCUT2D eigenvalue weighted by Crippen LogP contribution is 2.13. The summed E-state index contributed by atoms with van der Waals surface area (Å²) in [5.41, 5.74) is 1.40. The first-order valence-electron chi connectivity index (χ1n) is 14.5. The van der Waals surface area contributed by atoms with E-state index in [9.17, 15) is 0 Å². The van der Waals surface area contributed by atoms with Crippen LogP contribution >= 0.6 is 0 Å². The molecular weight excluding hydrogens is 400 g/mol. The highest BCUT2D eigenvalue weighted by atomic mass is 15.1. The molecule has 0 atom stereocenters. The van der Waals surface area contributed by atoms with Crippen molar-refractivity contribution in [3.8, 4) is 0 Å². The minimum absolute atomic E-state index is 0.998. The van der Waals surface area contributed by atoms with E-state index in [-0.39, 0.29) is 0 Å². The third-order valence-electron chi connectivity index (χ3n) is 7.04. The van der Waals surface area contributed by atoms with Crippen LogP contribution in [0.1, 0.15) is 134 Å². The first-order valence-corrected chi connectivity index (χ1v) is 14.5. The van der Waals surface area contributed by atoms with E-state index in [1.807, 2.05) is 0 Å². The van der Waals surface area contributed by atoms with Crippen LogP contribution < -0.4 is 4.57 Å². The molecule has 186 valence electrons. The second kappa shape index (κ2) is 18.8. The van der Waals surface area contributed by atoms with E-state index >= 15 is 0 Å². The molecule has 0 unspecified atom stereocenters. The van der Waals surface area contributed by atoms with Gasteiger partial charge in [-0.2, -0.15) is 0 Å². The summed E-state index contributed by atoms with van der Waals surface area (Å²) in [6.07, 6.45) is 29.6. The van der Waals surface area contributed by atoms with E-state index in [1.165, 1.54) is 134 Å². The van der Waals surface area contributed by atoms with E-state index in [0.29, 0.717) is 0 Å². The summed E-state index contributed by atoms with van der Waals surface area (Å²) in [7, 11) is 0. The van der Waals surface area contributed by atoms with Crippen molar-refractivity contribution in [3.63, 3.8) is 0 Å². The van der Waals surface area contributed by atoms with Crippen molar-refractivity contribution in [2.75, 3.05) is 0 Å². The Morgan fingerprint density at radius 2 is 1.12 bits per heavy atom. The second-order valence-electron chi connectivity index (χ2n) is 10.1. The number of aromatic nitrogens is 2. The van der Waals surface area contributed by atoms with Gasteiger partial charge in [0, 0.05) is 6.42 Å². The molecule has 0 saturated carbocycles. The quantitative estimate of drug-likeness (QED) is 0.132. The van der Waals surface area contributed by atoms with Crippen LogP contribution in [0.5, 0.6) is 0 Å². The van der Waals surface area contributed by atoms with Crippen LogP contribution in [-0.4, -0.2) is 4.57 Å². The number of imidazole rings is 1. The van der Waals surface area contributed by atoms with Crippen LogP contribution in [-0.2, 0) is 19.5 Å². The first kappa shape index (κ1) is 27.7. The molecule has 0 saturated heterocycles. The molecule has 0 spiro atoms. The Bertz CT molecular complexity index is 688. The van der Waals surface area contributed by atoms with Gasteiger partial charge < -0.3 is 0 Å². The fourth-order valence-corrected chi connectivity index (χ4v) is 4.92. The highest BCUT2D eigenvalue weighted by Gasteiger charge is 2.17. The number of hydrogen-bond donors (Lipinski definition) is 0. The lowest BCUT2D eigenvalue weighted by Gasteiger charge is -2.07. The standard InChI is InChI=1S/C31H53N2/c1-3-5-7-9-11-13-15-17-22-26-32-27-28-33(29-30-23-19-18-20-24-30)31(32)25-21-16-14-12-10-8-6-4-2/h18-20,23-24,27-28H,3-17,21-22,25-26,29H2,1-2H3/q+1. The van der Waals surface area contributed by atoms with Crippen molar-refractivity contribution in [2.24, 2.45) is 0 Å². The van der Waals surface area contributed by atoms with Gasteiger partial charge in [0.2, 0.25) is 0 Å². The lowest BCUT2D eigenvalue weighted by Crippen LogP contribution is -2.37. The molecule has 1 aromatic carbocycles. The van der Waals surface area contributed by atoms with E-state index < -0.39 is 0 Å². The Morgan fingerprint density at radius 3 is 1.70 bits per heavy atom. The molecule has 0 aliphatic carbocycles. The Labute approximate surface area is 205 Å². The minimum Gasteiger partial charge on any atom is -0.234 e. The van der Waals surface area contributed by atoms with Gasteiger partial charge in [0.15, 0.2) is 0 Å². The van der Waals surface area contributed by atoms with Crippen LogP contribution in [0.3, 0.4) is 0 Å². The number of unbranched alkanes of at least 4 members (excludes halogenated alkanes) is 15.